The maximum absolute atomic E-state index is 5.58. The van der Waals surface area contributed by atoms with Gasteiger partial charge in [-0.3, -0.25) is 4.99 Å². The quantitative estimate of drug-likeness (QED) is 0.618. The number of rotatable bonds is 6. The molecule has 2 heterocycles. The highest BCUT2D eigenvalue weighted by Crippen LogP contribution is 2.11. The van der Waals surface area contributed by atoms with Gasteiger partial charge in [0.25, 0.3) is 0 Å². The molecular formula is C14H24N4OS. The second-order valence-corrected chi connectivity index (χ2v) is 5.79. The summed E-state index contributed by atoms with van der Waals surface area (Å²) in [6, 6.07) is 0. The third-order valence-corrected chi connectivity index (χ3v) is 4.36. The van der Waals surface area contributed by atoms with E-state index < -0.39 is 0 Å². The summed E-state index contributed by atoms with van der Waals surface area (Å²) in [4.78, 5) is 8.78. The van der Waals surface area contributed by atoms with Gasteiger partial charge in [-0.15, -0.1) is 11.3 Å². The number of ether oxygens (including phenoxy) is 1. The Morgan fingerprint density at radius 1 is 1.55 bits per heavy atom. The molecule has 1 saturated heterocycles. The number of guanidine groups is 1. The van der Waals surface area contributed by atoms with Gasteiger partial charge in [-0.25, -0.2) is 4.98 Å². The number of aromatic nitrogens is 1. The topological polar surface area (TPSA) is 58.5 Å². The lowest BCUT2D eigenvalue weighted by atomic mass is 10.2. The Balaban J connectivity index is 1.65. The summed E-state index contributed by atoms with van der Waals surface area (Å²) in [6.07, 6.45) is 4.59. The van der Waals surface area contributed by atoms with Gasteiger partial charge in [0.15, 0.2) is 5.96 Å². The van der Waals surface area contributed by atoms with E-state index in [0.717, 1.165) is 50.6 Å². The molecule has 0 bridgehead atoms. The zero-order valence-corrected chi connectivity index (χ0v) is 13.1. The Morgan fingerprint density at radius 3 is 3.10 bits per heavy atom. The smallest absolute Gasteiger partial charge is 0.191 e. The minimum absolute atomic E-state index is 0.333. The van der Waals surface area contributed by atoms with Crippen LogP contribution < -0.4 is 10.6 Å². The fraction of sp³-hybridized carbons (Fsp3) is 0.714. The minimum Gasteiger partial charge on any atom is -0.376 e. The van der Waals surface area contributed by atoms with Gasteiger partial charge < -0.3 is 15.4 Å². The summed E-state index contributed by atoms with van der Waals surface area (Å²) in [5.74, 6) is 0.839. The van der Waals surface area contributed by atoms with Gasteiger partial charge in [0.05, 0.1) is 16.8 Å². The van der Waals surface area contributed by atoms with Crippen molar-refractivity contribution in [1.29, 1.82) is 0 Å². The van der Waals surface area contributed by atoms with Crippen LogP contribution in [0.15, 0.2) is 10.4 Å². The second-order valence-electron chi connectivity index (χ2n) is 4.85. The molecule has 0 aliphatic carbocycles. The highest BCUT2D eigenvalue weighted by Gasteiger charge is 2.15. The van der Waals surface area contributed by atoms with Crippen molar-refractivity contribution in [3.8, 4) is 0 Å². The van der Waals surface area contributed by atoms with Gasteiger partial charge >= 0.3 is 0 Å². The molecule has 1 fully saturated rings. The van der Waals surface area contributed by atoms with E-state index in [9.17, 15) is 0 Å². The van der Waals surface area contributed by atoms with Crippen LogP contribution in [-0.2, 0) is 17.6 Å². The molecule has 2 rings (SSSR count). The number of aliphatic imine (C=N–C) groups is 1. The summed E-state index contributed by atoms with van der Waals surface area (Å²) in [5.41, 5.74) is 1.16. The van der Waals surface area contributed by atoms with Crippen LogP contribution >= 0.6 is 11.3 Å². The second kappa shape index (κ2) is 8.21. The summed E-state index contributed by atoms with van der Waals surface area (Å²) < 4.78 is 5.58. The van der Waals surface area contributed by atoms with Gasteiger partial charge in [-0.1, -0.05) is 6.92 Å². The van der Waals surface area contributed by atoms with Crippen LogP contribution in [0.4, 0.5) is 0 Å². The van der Waals surface area contributed by atoms with Crippen molar-refractivity contribution < 1.29 is 4.74 Å². The van der Waals surface area contributed by atoms with Gasteiger partial charge in [0, 0.05) is 38.5 Å². The first-order chi connectivity index (χ1) is 9.81. The molecule has 1 aliphatic heterocycles. The lowest BCUT2D eigenvalue weighted by Crippen LogP contribution is -2.41. The number of hydrogen-bond acceptors (Lipinski definition) is 4. The number of nitrogens with one attached hydrogen (secondary N) is 2. The lowest BCUT2D eigenvalue weighted by Gasteiger charge is -2.14. The molecule has 0 amide bonds. The van der Waals surface area contributed by atoms with Crippen LogP contribution in [0.2, 0.25) is 0 Å². The zero-order chi connectivity index (χ0) is 14.2. The Morgan fingerprint density at radius 2 is 2.45 bits per heavy atom. The molecular weight excluding hydrogens is 272 g/mol. The van der Waals surface area contributed by atoms with Crippen molar-refractivity contribution in [1.82, 2.24) is 15.6 Å². The molecule has 1 unspecified atom stereocenters. The Labute approximate surface area is 124 Å². The summed E-state index contributed by atoms with van der Waals surface area (Å²) in [6.45, 7) is 4.70. The normalized spacial score (nSPS) is 19.3. The molecule has 1 aliphatic rings. The number of nitrogens with zero attached hydrogens (tertiary/aromatic N) is 2. The van der Waals surface area contributed by atoms with E-state index in [1.807, 2.05) is 0 Å². The van der Waals surface area contributed by atoms with E-state index in [2.05, 4.69) is 32.9 Å². The van der Waals surface area contributed by atoms with Crippen LogP contribution in [0, 0.1) is 0 Å². The Kier molecular flexibility index (Phi) is 6.26. The fourth-order valence-electron chi connectivity index (χ4n) is 2.17. The van der Waals surface area contributed by atoms with Crippen molar-refractivity contribution in [3.63, 3.8) is 0 Å². The van der Waals surface area contributed by atoms with Gasteiger partial charge in [0.1, 0.15) is 0 Å². The standard InChI is InChI=1S/C14H24N4OS/c1-3-13-18-11(10-20-13)6-7-16-14(15-2)17-9-12-5-4-8-19-12/h10,12H,3-9H2,1-2H3,(H2,15,16,17). The molecule has 20 heavy (non-hydrogen) atoms. The third-order valence-electron chi connectivity index (χ3n) is 3.32. The Bertz CT molecular complexity index is 427. The molecule has 1 aromatic rings. The van der Waals surface area contributed by atoms with Crippen LogP contribution in [0.3, 0.4) is 0 Å². The minimum atomic E-state index is 0.333. The summed E-state index contributed by atoms with van der Waals surface area (Å²) in [5, 5.41) is 9.98. The van der Waals surface area contributed by atoms with Gasteiger partial charge in [-0.05, 0) is 19.3 Å². The van der Waals surface area contributed by atoms with E-state index in [4.69, 9.17) is 4.74 Å². The van der Waals surface area contributed by atoms with Crippen LogP contribution in [0.1, 0.15) is 30.5 Å². The molecule has 2 N–H and O–H groups in total. The largest absolute Gasteiger partial charge is 0.376 e. The fourth-order valence-corrected chi connectivity index (χ4v) is 2.95. The van der Waals surface area contributed by atoms with E-state index in [-0.39, 0.29) is 0 Å². The van der Waals surface area contributed by atoms with Crippen LogP contribution in [0.5, 0.6) is 0 Å². The lowest BCUT2D eigenvalue weighted by molar-refractivity contribution is 0.114. The predicted molar refractivity (Wildman–Crippen MR) is 83.5 cm³/mol. The molecule has 0 saturated carbocycles. The van der Waals surface area contributed by atoms with Gasteiger partial charge in [0.2, 0.25) is 0 Å². The van der Waals surface area contributed by atoms with Crippen molar-refractivity contribution in [2.24, 2.45) is 4.99 Å². The van der Waals surface area contributed by atoms with Crippen molar-refractivity contribution >= 4 is 17.3 Å². The molecule has 6 heteroatoms. The van der Waals surface area contributed by atoms with Crippen LogP contribution in [0.25, 0.3) is 0 Å². The molecule has 1 aromatic heterocycles. The first-order valence-electron chi connectivity index (χ1n) is 7.31. The van der Waals surface area contributed by atoms with Crippen LogP contribution in [-0.4, -0.2) is 43.8 Å². The van der Waals surface area contributed by atoms with Gasteiger partial charge in [-0.2, -0.15) is 0 Å². The van der Waals surface area contributed by atoms with E-state index in [0.29, 0.717) is 6.10 Å². The summed E-state index contributed by atoms with van der Waals surface area (Å²) in [7, 11) is 1.79. The third kappa shape index (κ3) is 4.76. The van der Waals surface area contributed by atoms with E-state index in [1.54, 1.807) is 18.4 Å². The predicted octanol–water partition coefficient (Wildman–Crippen LogP) is 1.59. The SMILES string of the molecule is CCc1nc(CCNC(=NC)NCC2CCCO2)cs1. The van der Waals surface area contributed by atoms with E-state index >= 15 is 0 Å². The highest BCUT2D eigenvalue weighted by molar-refractivity contribution is 7.09. The zero-order valence-electron chi connectivity index (χ0n) is 12.3. The monoisotopic (exact) mass is 296 g/mol. The number of hydrogen-bond donors (Lipinski definition) is 2. The first-order valence-corrected chi connectivity index (χ1v) is 8.19. The molecule has 112 valence electrons. The first kappa shape index (κ1) is 15.3. The van der Waals surface area contributed by atoms with Crippen molar-refractivity contribution in [2.45, 2.75) is 38.7 Å². The van der Waals surface area contributed by atoms with E-state index in [1.165, 1.54) is 11.4 Å². The number of thiazole rings is 1. The van der Waals surface area contributed by atoms with Crippen molar-refractivity contribution in [3.05, 3.63) is 16.1 Å². The van der Waals surface area contributed by atoms with Crippen molar-refractivity contribution in [2.75, 3.05) is 26.7 Å². The molecule has 5 nitrogen and oxygen atoms in total. The molecule has 0 radical (unpaired) electrons. The summed E-state index contributed by atoms with van der Waals surface area (Å²) >= 11 is 1.74. The molecule has 1 atom stereocenters. The Hall–Kier alpha value is -1.14. The molecule has 0 aromatic carbocycles. The molecule has 0 spiro atoms. The maximum atomic E-state index is 5.58. The number of aryl methyl sites for hydroxylation is 1. The highest BCUT2D eigenvalue weighted by atomic mass is 32.1. The maximum Gasteiger partial charge on any atom is 0.191 e. The average Bonchev–Trinajstić information content (AvgIpc) is 3.13. The average molecular weight is 296 g/mol.